The zero-order chi connectivity index (χ0) is 15.6. The number of alkyl halides is 3. The molecule has 0 bridgehead atoms. The lowest BCUT2D eigenvalue weighted by Crippen LogP contribution is -2.46. The molecule has 1 aliphatic rings. The maximum atomic E-state index is 12.9. The Bertz CT molecular complexity index is 485. The minimum Gasteiger partial charge on any atom is -0.372 e. The summed E-state index contributed by atoms with van der Waals surface area (Å²) >= 11 is 0. The SMILES string of the molecule is CCNc1nc(N2CC(C)OC(C)C2)cc(C(F)(F)F)n1. The van der Waals surface area contributed by atoms with Gasteiger partial charge >= 0.3 is 6.18 Å². The van der Waals surface area contributed by atoms with Crippen LogP contribution in [0, 0.1) is 0 Å². The number of hydrogen-bond donors (Lipinski definition) is 1. The Morgan fingerprint density at radius 1 is 1.29 bits per heavy atom. The standard InChI is InChI=1S/C13H19F3N4O/c1-4-17-12-18-10(13(14,15)16)5-11(19-12)20-6-8(2)21-9(3)7-20/h5,8-9H,4,6-7H2,1-3H3,(H,17,18,19). The first-order chi connectivity index (χ1) is 9.79. The van der Waals surface area contributed by atoms with Crippen LogP contribution in [0.25, 0.3) is 0 Å². The van der Waals surface area contributed by atoms with Crippen LogP contribution in [0.5, 0.6) is 0 Å². The number of nitrogens with zero attached hydrogens (tertiary/aromatic N) is 3. The Hall–Kier alpha value is -1.57. The minimum atomic E-state index is -4.49. The summed E-state index contributed by atoms with van der Waals surface area (Å²) in [5, 5.41) is 2.74. The van der Waals surface area contributed by atoms with Gasteiger partial charge in [0.05, 0.1) is 12.2 Å². The molecule has 1 saturated heterocycles. The molecule has 2 atom stereocenters. The normalized spacial score (nSPS) is 23.2. The molecule has 2 unspecified atom stereocenters. The topological polar surface area (TPSA) is 50.3 Å². The van der Waals surface area contributed by atoms with Crippen molar-refractivity contribution in [3.05, 3.63) is 11.8 Å². The van der Waals surface area contributed by atoms with E-state index >= 15 is 0 Å². The van der Waals surface area contributed by atoms with E-state index in [1.807, 2.05) is 13.8 Å². The molecule has 2 heterocycles. The van der Waals surface area contributed by atoms with Crippen LogP contribution in [-0.2, 0) is 10.9 Å². The number of rotatable bonds is 3. The lowest BCUT2D eigenvalue weighted by Gasteiger charge is -2.36. The molecule has 1 fully saturated rings. The van der Waals surface area contributed by atoms with Gasteiger partial charge < -0.3 is 15.0 Å². The van der Waals surface area contributed by atoms with Gasteiger partial charge in [0.2, 0.25) is 5.95 Å². The second-order valence-corrected chi connectivity index (χ2v) is 5.13. The molecule has 21 heavy (non-hydrogen) atoms. The van der Waals surface area contributed by atoms with E-state index in [1.165, 1.54) is 0 Å². The molecule has 1 aromatic heterocycles. The number of anilines is 2. The second-order valence-electron chi connectivity index (χ2n) is 5.13. The summed E-state index contributed by atoms with van der Waals surface area (Å²) in [5.41, 5.74) is -0.935. The van der Waals surface area contributed by atoms with Crippen LogP contribution in [-0.4, -0.2) is 41.8 Å². The molecule has 8 heteroatoms. The fourth-order valence-corrected chi connectivity index (χ4v) is 2.34. The van der Waals surface area contributed by atoms with Crippen LogP contribution in [0.2, 0.25) is 0 Å². The van der Waals surface area contributed by atoms with Crippen molar-refractivity contribution in [1.82, 2.24) is 9.97 Å². The second kappa shape index (κ2) is 6.05. The van der Waals surface area contributed by atoms with Crippen molar-refractivity contribution in [3.8, 4) is 0 Å². The van der Waals surface area contributed by atoms with Crippen molar-refractivity contribution in [1.29, 1.82) is 0 Å². The van der Waals surface area contributed by atoms with Crippen molar-refractivity contribution in [3.63, 3.8) is 0 Å². The van der Waals surface area contributed by atoms with Crippen molar-refractivity contribution >= 4 is 11.8 Å². The van der Waals surface area contributed by atoms with E-state index < -0.39 is 11.9 Å². The van der Waals surface area contributed by atoms with Gasteiger partial charge in [-0.15, -0.1) is 0 Å². The summed E-state index contributed by atoms with van der Waals surface area (Å²) in [5.74, 6) is 0.268. The molecule has 0 aromatic carbocycles. The Morgan fingerprint density at radius 2 is 1.90 bits per heavy atom. The maximum absolute atomic E-state index is 12.9. The van der Waals surface area contributed by atoms with Crippen molar-refractivity contribution in [2.75, 3.05) is 29.9 Å². The lowest BCUT2D eigenvalue weighted by molar-refractivity contribution is -0.141. The van der Waals surface area contributed by atoms with Gasteiger partial charge in [-0.3, -0.25) is 0 Å². The number of ether oxygens (including phenoxy) is 1. The van der Waals surface area contributed by atoms with Gasteiger partial charge in [0.15, 0.2) is 5.69 Å². The van der Waals surface area contributed by atoms with E-state index in [0.717, 1.165) is 6.07 Å². The van der Waals surface area contributed by atoms with Crippen LogP contribution >= 0.6 is 0 Å². The highest BCUT2D eigenvalue weighted by Gasteiger charge is 2.35. The zero-order valence-corrected chi connectivity index (χ0v) is 12.2. The monoisotopic (exact) mass is 304 g/mol. The van der Waals surface area contributed by atoms with Crippen LogP contribution in [0.15, 0.2) is 6.07 Å². The molecule has 0 radical (unpaired) electrons. The van der Waals surface area contributed by atoms with Crippen LogP contribution in [0.3, 0.4) is 0 Å². The van der Waals surface area contributed by atoms with Crippen molar-refractivity contribution < 1.29 is 17.9 Å². The zero-order valence-electron chi connectivity index (χ0n) is 12.2. The Balaban J connectivity index is 2.35. The molecule has 0 aliphatic carbocycles. The fraction of sp³-hybridized carbons (Fsp3) is 0.692. The molecular weight excluding hydrogens is 285 g/mol. The summed E-state index contributed by atoms with van der Waals surface area (Å²) in [6.45, 7) is 7.02. The summed E-state index contributed by atoms with van der Waals surface area (Å²) in [7, 11) is 0. The number of halogens is 3. The molecule has 5 nitrogen and oxygen atoms in total. The predicted octanol–water partition coefficient (Wildman–Crippen LogP) is 2.54. The molecule has 1 aliphatic heterocycles. The largest absolute Gasteiger partial charge is 0.433 e. The number of nitrogens with one attached hydrogen (secondary N) is 1. The Labute approximate surface area is 121 Å². The van der Waals surface area contributed by atoms with Gasteiger partial charge in [-0.05, 0) is 20.8 Å². The highest BCUT2D eigenvalue weighted by molar-refractivity contribution is 5.46. The summed E-state index contributed by atoms with van der Waals surface area (Å²) in [4.78, 5) is 9.50. The third kappa shape index (κ3) is 3.96. The Kier molecular flexibility index (Phi) is 4.55. The number of aromatic nitrogens is 2. The van der Waals surface area contributed by atoms with E-state index in [4.69, 9.17) is 4.74 Å². The van der Waals surface area contributed by atoms with E-state index in [-0.39, 0.29) is 24.0 Å². The van der Waals surface area contributed by atoms with Crippen molar-refractivity contribution in [2.24, 2.45) is 0 Å². The number of hydrogen-bond acceptors (Lipinski definition) is 5. The van der Waals surface area contributed by atoms with Gasteiger partial charge in [-0.25, -0.2) is 4.98 Å². The van der Waals surface area contributed by atoms with Gasteiger partial charge in [-0.1, -0.05) is 0 Å². The highest BCUT2D eigenvalue weighted by atomic mass is 19.4. The third-order valence-corrected chi connectivity index (χ3v) is 3.08. The maximum Gasteiger partial charge on any atom is 0.433 e. The Morgan fingerprint density at radius 3 is 2.43 bits per heavy atom. The highest BCUT2D eigenvalue weighted by Crippen LogP contribution is 2.31. The molecule has 0 amide bonds. The summed E-state index contributed by atoms with van der Waals surface area (Å²) < 4.78 is 44.4. The van der Waals surface area contributed by atoms with E-state index in [1.54, 1.807) is 11.8 Å². The molecule has 2 rings (SSSR count). The van der Waals surface area contributed by atoms with Gasteiger partial charge in [0.25, 0.3) is 0 Å². The van der Waals surface area contributed by atoms with Crippen LogP contribution < -0.4 is 10.2 Å². The summed E-state index contributed by atoms with van der Waals surface area (Å²) in [6, 6.07) is 0.992. The molecule has 0 spiro atoms. The molecule has 0 saturated carbocycles. The van der Waals surface area contributed by atoms with Gasteiger partial charge in [0, 0.05) is 25.7 Å². The average molecular weight is 304 g/mol. The van der Waals surface area contributed by atoms with E-state index in [2.05, 4.69) is 15.3 Å². The van der Waals surface area contributed by atoms with Crippen LogP contribution in [0.4, 0.5) is 24.9 Å². The van der Waals surface area contributed by atoms with Crippen molar-refractivity contribution in [2.45, 2.75) is 39.2 Å². The quantitative estimate of drug-likeness (QED) is 0.930. The van der Waals surface area contributed by atoms with Gasteiger partial charge in [0.1, 0.15) is 5.82 Å². The predicted molar refractivity (Wildman–Crippen MR) is 73.4 cm³/mol. The number of morpholine rings is 1. The molecule has 1 aromatic rings. The third-order valence-electron chi connectivity index (χ3n) is 3.08. The van der Waals surface area contributed by atoms with Gasteiger partial charge in [-0.2, -0.15) is 18.2 Å². The smallest absolute Gasteiger partial charge is 0.372 e. The first kappa shape index (κ1) is 15.8. The lowest BCUT2D eigenvalue weighted by atomic mass is 10.2. The first-order valence-electron chi connectivity index (χ1n) is 6.90. The minimum absolute atomic E-state index is 0.00544. The van der Waals surface area contributed by atoms with Crippen LogP contribution in [0.1, 0.15) is 26.5 Å². The first-order valence-corrected chi connectivity index (χ1v) is 6.90. The molecular formula is C13H19F3N4O. The molecule has 118 valence electrons. The summed E-state index contributed by atoms with van der Waals surface area (Å²) in [6.07, 6.45) is -4.60. The average Bonchev–Trinajstić information content (AvgIpc) is 2.36. The van der Waals surface area contributed by atoms with E-state index in [9.17, 15) is 13.2 Å². The molecule has 1 N–H and O–H groups in total. The fourth-order valence-electron chi connectivity index (χ4n) is 2.34. The van der Waals surface area contributed by atoms with E-state index in [0.29, 0.717) is 19.6 Å².